The molecule has 1 saturated carbocycles. The second-order valence-corrected chi connectivity index (χ2v) is 6.61. The Bertz CT molecular complexity index is 644. The monoisotopic (exact) mass is 289 g/mol. The van der Waals surface area contributed by atoms with Crippen LogP contribution in [0.5, 0.6) is 0 Å². The minimum Gasteiger partial charge on any atom is -0.327 e. The number of hydrogen-bond acceptors (Lipinski definition) is 2. The second-order valence-electron chi connectivity index (χ2n) is 6.18. The van der Waals surface area contributed by atoms with Crippen LogP contribution in [0.3, 0.4) is 0 Å². The van der Waals surface area contributed by atoms with Crippen LogP contribution in [0.15, 0.2) is 18.2 Å². The van der Waals surface area contributed by atoms with E-state index < -0.39 is 0 Å². The van der Waals surface area contributed by atoms with Gasteiger partial charge >= 0.3 is 0 Å². The van der Waals surface area contributed by atoms with E-state index in [-0.39, 0.29) is 0 Å². The Morgan fingerprint density at radius 1 is 1.25 bits per heavy atom. The molecule has 106 valence electrons. The topological polar surface area (TPSA) is 21.1 Å². The van der Waals surface area contributed by atoms with Gasteiger partial charge in [-0.2, -0.15) is 0 Å². The molecule has 0 spiro atoms. The fourth-order valence-electron chi connectivity index (χ4n) is 3.45. The van der Waals surface area contributed by atoms with Crippen molar-refractivity contribution in [3.63, 3.8) is 0 Å². The summed E-state index contributed by atoms with van der Waals surface area (Å²) in [5.41, 5.74) is 2.27. The number of rotatable bonds is 2. The van der Waals surface area contributed by atoms with Crippen molar-refractivity contribution in [3.05, 3.63) is 29.0 Å². The molecule has 2 aromatic rings. The normalized spacial score (nSPS) is 21.7. The van der Waals surface area contributed by atoms with Crippen LogP contribution < -0.4 is 0 Å². The van der Waals surface area contributed by atoms with Crippen molar-refractivity contribution in [2.24, 2.45) is 5.92 Å². The van der Waals surface area contributed by atoms with E-state index in [1.54, 1.807) is 0 Å². The van der Waals surface area contributed by atoms with E-state index in [9.17, 15) is 0 Å². The summed E-state index contributed by atoms with van der Waals surface area (Å²) in [4.78, 5) is 7.43. The molecular weight excluding hydrogens is 270 g/mol. The Hall–Kier alpha value is -1.06. The van der Waals surface area contributed by atoms with Gasteiger partial charge in [-0.1, -0.05) is 11.6 Å². The Labute approximate surface area is 124 Å². The van der Waals surface area contributed by atoms with E-state index >= 15 is 0 Å². The number of fused-ring (bicyclic) bond motifs is 3. The lowest BCUT2D eigenvalue weighted by Gasteiger charge is -2.27. The van der Waals surface area contributed by atoms with Gasteiger partial charge in [0.2, 0.25) is 0 Å². The van der Waals surface area contributed by atoms with E-state index in [1.807, 2.05) is 18.2 Å². The largest absolute Gasteiger partial charge is 0.327 e. The van der Waals surface area contributed by atoms with E-state index in [4.69, 9.17) is 16.6 Å². The maximum absolute atomic E-state index is 6.14. The molecular formula is C16H20ClN3. The lowest BCUT2D eigenvalue weighted by atomic mass is 10.2. The first-order valence-corrected chi connectivity index (χ1v) is 7.99. The average Bonchev–Trinajstić information content (AvgIpc) is 3.25. The molecule has 1 atom stereocenters. The molecule has 1 aromatic carbocycles. The maximum Gasteiger partial charge on any atom is 0.111 e. The van der Waals surface area contributed by atoms with Crippen LogP contribution in [-0.2, 0) is 13.0 Å². The van der Waals surface area contributed by atoms with Crippen molar-refractivity contribution in [1.29, 1.82) is 0 Å². The van der Waals surface area contributed by atoms with Gasteiger partial charge in [-0.15, -0.1) is 0 Å². The van der Waals surface area contributed by atoms with Crippen molar-refractivity contribution < 1.29 is 0 Å². The summed E-state index contributed by atoms with van der Waals surface area (Å²) >= 11 is 6.14. The quantitative estimate of drug-likeness (QED) is 0.845. The zero-order valence-corrected chi connectivity index (χ0v) is 12.6. The Morgan fingerprint density at radius 3 is 2.90 bits per heavy atom. The van der Waals surface area contributed by atoms with Crippen LogP contribution in [-0.4, -0.2) is 33.6 Å². The van der Waals surface area contributed by atoms with E-state index in [0.29, 0.717) is 0 Å². The third-order valence-corrected chi connectivity index (χ3v) is 5.14. The van der Waals surface area contributed by atoms with Crippen LogP contribution in [0.1, 0.15) is 25.6 Å². The maximum atomic E-state index is 6.14. The predicted molar refractivity (Wildman–Crippen MR) is 82.2 cm³/mol. The minimum absolute atomic E-state index is 0.731. The van der Waals surface area contributed by atoms with Crippen LogP contribution in [0.2, 0.25) is 5.02 Å². The predicted octanol–water partition coefficient (Wildman–Crippen LogP) is 3.35. The third-order valence-electron chi connectivity index (χ3n) is 4.90. The van der Waals surface area contributed by atoms with Crippen LogP contribution in [0.25, 0.3) is 11.0 Å². The zero-order valence-electron chi connectivity index (χ0n) is 11.8. The smallest absolute Gasteiger partial charge is 0.111 e. The summed E-state index contributed by atoms with van der Waals surface area (Å²) in [7, 11) is 0. The molecule has 1 fully saturated rings. The molecule has 3 nitrogen and oxygen atoms in total. The first-order valence-electron chi connectivity index (χ1n) is 7.61. The van der Waals surface area contributed by atoms with Crippen LogP contribution >= 0.6 is 11.6 Å². The molecule has 0 bridgehead atoms. The van der Waals surface area contributed by atoms with Gasteiger partial charge < -0.3 is 4.57 Å². The van der Waals surface area contributed by atoms with E-state index in [0.717, 1.165) is 48.6 Å². The van der Waals surface area contributed by atoms with Gasteiger partial charge in [0.1, 0.15) is 5.82 Å². The lowest BCUT2D eigenvalue weighted by molar-refractivity contribution is 0.194. The Kier molecular flexibility index (Phi) is 3.00. The van der Waals surface area contributed by atoms with Gasteiger partial charge in [-0.05, 0) is 43.9 Å². The zero-order chi connectivity index (χ0) is 13.7. The van der Waals surface area contributed by atoms with E-state index in [1.165, 1.54) is 24.2 Å². The number of imidazole rings is 1. The molecule has 4 heteroatoms. The van der Waals surface area contributed by atoms with Crippen molar-refractivity contribution in [2.45, 2.75) is 38.8 Å². The first kappa shape index (κ1) is 12.7. The first-order chi connectivity index (χ1) is 9.72. The standard InChI is InChI=1S/C16H20ClN3/c1-11(12-2-3-12)19-7-6-16-18-14-5-4-13(17)10-15(14)20(16)9-8-19/h4-5,10-12H,2-3,6-9H2,1H3. The third kappa shape index (κ3) is 2.13. The number of hydrogen-bond donors (Lipinski definition) is 0. The molecule has 0 radical (unpaired) electrons. The highest BCUT2D eigenvalue weighted by atomic mass is 35.5. The molecule has 0 N–H and O–H groups in total. The number of aromatic nitrogens is 2. The summed E-state index contributed by atoms with van der Waals surface area (Å²) in [5, 5.41) is 0.799. The van der Waals surface area contributed by atoms with Crippen molar-refractivity contribution in [2.75, 3.05) is 13.1 Å². The van der Waals surface area contributed by atoms with Crippen molar-refractivity contribution in [3.8, 4) is 0 Å². The molecule has 1 unspecified atom stereocenters. The molecule has 1 aliphatic heterocycles. The number of halogens is 1. The van der Waals surface area contributed by atoms with Crippen LogP contribution in [0, 0.1) is 5.92 Å². The molecule has 1 aromatic heterocycles. The Balaban J connectivity index is 1.63. The van der Waals surface area contributed by atoms with Gasteiger partial charge in [0.25, 0.3) is 0 Å². The van der Waals surface area contributed by atoms with Crippen LogP contribution in [0.4, 0.5) is 0 Å². The molecule has 2 heterocycles. The highest BCUT2D eigenvalue weighted by Crippen LogP contribution is 2.35. The fraction of sp³-hybridized carbons (Fsp3) is 0.562. The van der Waals surface area contributed by atoms with Gasteiger partial charge in [0.05, 0.1) is 11.0 Å². The molecule has 4 rings (SSSR count). The van der Waals surface area contributed by atoms with Crippen molar-refractivity contribution in [1.82, 2.24) is 14.5 Å². The molecule has 2 aliphatic rings. The van der Waals surface area contributed by atoms with Gasteiger partial charge in [-0.3, -0.25) is 4.90 Å². The SMILES string of the molecule is CC(C1CC1)N1CCc2nc3ccc(Cl)cc3n2CC1. The lowest BCUT2D eigenvalue weighted by Crippen LogP contribution is -2.36. The number of nitrogens with zero attached hydrogens (tertiary/aromatic N) is 3. The minimum atomic E-state index is 0.731. The van der Waals surface area contributed by atoms with Crippen molar-refractivity contribution >= 4 is 22.6 Å². The summed E-state index contributed by atoms with van der Waals surface area (Å²) in [6, 6.07) is 6.74. The molecule has 0 amide bonds. The summed E-state index contributed by atoms with van der Waals surface area (Å²) in [6.07, 6.45) is 3.88. The molecule has 0 saturated heterocycles. The molecule has 20 heavy (non-hydrogen) atoms. The average molecular weight is 290 g/mol. The Morgan fingerprint density at radius 2 is 2.10 bits per heavy atom. The molecule has 1 aliphatic carbocycles. The highest BCUT2D eigenvalue weighted by molar-refractivity contribution is 6.31. The second kappa shape index (κ2) is 4.74. The van der Waals surface area contributed by atoms with Gasteiger partial charge in [0.15, 0.2) is 0 Å². The summed E-state index contributed by atoms with van der Waals surface area (Å²) < 4.78 is 2.36. The fourth-order valence-corrected chi connectivity index (χ4v) is 3.62. The highest BCUT2D eigenvalue weighted by Gasteiger charge is 2.32. The number of benzene rings is 1. The summed E-state index contributed by atoms with van der Waals surface area (Å²) in [5.74, 6) is 2.15. The van der Waals surface area contributed by atoms with Gasteiger partial charge in [-0.25, -0.2) is 4.98 Å². The van der Waals surface area contributed by atoms with E-state index in [2.05, 4.69) is 16.4 Å². The summed E-state index contributed by atoms with van der Waals surface area (Å²) in [6.45, 7) is 5.68. The van der Waals surface area contributed by atoms with Gasteiger partial charge in [0, 0.05) is 37.1 Å².